The number of methoxy groups -OCH3 is 2. The molecule has 162 valence electrons. The van der Waals surface area contributed by atoms with Crippen LogP contribution in [0.25, 0.3) is 0 Å². The molecule has 0 fully saturated rings. The monoisotopic (exact) mass is 423 g/mol. The molecule has 4 N–H and O–H groups in total. The predicted molar refractivity (Wildman–Crippen MR) is 116 cm³/mol. The first-order chi connectivity index (χ1) is 14.9. The number of carbonyl (C=O) groups is 1. The molecular formula is C23H25N3O5. The molecule has 1 aliphatic carbocycles. The molecule has 8 nitrogen and oxygen atoms in total. The normalized spacial score (nSPS) is 22.5. The van der Waals surface area contributed by atoms with Crippen LogP contribution in [0.2, 0.25) is 0 Å². The molecule has 8 heteroatoms. The lowest BCUT2D eigenvalue weighted by atomic mass is 9.66. The minimum Gasteiger partial charge on any atom is -0.497 e. The smallest absolute Gasteiger partial charge is 0.267 e. The van der Waals surface area contributed by atoms with Crippen molar-refractivity contribution in [3.8, 4) is 11.5 Å². The summed E-state index contributed by atoms with van der Waals surface area (Å²) in [6.07, 6.45) is 0.137. The zero-order valence-electron chi connectivity index (χ0n) is 17.6. The largest absolute Gasteiger partial charge is 0.497 e. The maximum absolute atomic E-state index is 13.5. The molecule has 0 radical (unpaired) electrons. The molecule has 31 heavy (non-hydrogen) atoms. The van der Waals surface area contributed by atoms with E-state index >= 15 is 0 Å². The Bertz CT molecular complexity index is 1150. The van der Waals surface area contributed by atoms with Gasteiger partial charge in [-0.25, -0.2) is 0 Å². The Kier molecular flexibility index (Phi) is 5.32. The number of rotatable bonds is 5. The highest BCUT2D eigenvalue weighted by molar-refractivity contribution is 5.96. The number of aromatic nitrogens is 2. The molecule has 0 saturated carbocycles. The van der Waals surface area contributed by atoms with Gasteiger partial charge in [0, 0.05) is 23.6 Å². The maximum atomic E-state index is 13.5. The fourth-order valence-electron chi connectivity index (χ4n) is 4.43. The zero-order chi connectivity index (χ0) is 22.2. The van der Waals surface area contributed by atoms with E-state index in [1.54, 1.807) is 50.4 Å². The van der Waals surface area contributed by atoms with Crippen molar-refractivity contribution < 1.29 is 19.4 Å². The summed E-state index contributed by atoms with van der Waals surface area (Å²) >= 11 is 0. The van der Waals surface area contributed by atoms with Crippen LogP contribution in [0, 0.1) is 5.92 Å². The molecule has 3 aromatic rings. The van der Waals surface area contributed by atoms with Crippen LogP contribution < -0.4 is 20.3 Å². The number of H-pyrrole nitrogens is 2. The first-order valence-electron chi connectivity index (χ1n) is 9.95. The van der Waals surface area contributed by atoms with Crippen LogP contribution in [0.5, 0.6) is 11.5 Å². The third-order valence-electron chi connectivity index (χ3n) is 5.87. The maximum Gasteiger partial charge on any atom is 0.267 e. The number of aromatic amines is 2. The fourth-order valence-corrected chi connectivity index (χ4v) is 4.43. The Labute approximate surface area is 179 Å². The predicted octanol–water partition coefficient (Wildman–Crippen LogP) is 2.41. The molecule has 0 aliphatic heterocycles. The molecule has 4 rings (SSSR count). The van der Waals surface area contributed by atoms with Gasteiger partial charge in [0.2, 0.25) is 5.91 Å². The average Bonchev–Trinajstić information content (AvgIpc) is 3.12. The van der Waals surface area contributed by atoms with Gasteiger partial charge in [0.05, 0.1) is 31.4 Å². The van der Waals surface area contributed by atoms with Gasteiger partial charge in [0.15, 0.2) is 0 Å². The Hall–Kier alpha value is -3.52. The van der Waals surface area contributed by atoms with Crippen molar-refractivity contribution in [1.29, 1.82) is 0 Å². The third-order valence-corrected chi connectivity index (χ3v) is 5.87. The van der Waals surface area contributed by atoms with E-state index in [2.05, 4.69) is 15.5 Å². The van der Waals surface area contributed by atoms with Gasteiger partial charge in [-0.1, -0.05) is 24.3 Å². The number of para-hydroxylation sites is 2. The van der Waals surface area contributed by atoms with Crippen LogP contribution in [-0.2, 0) is 11.2 Å². The summed E-state index contributed by atoms with van der Waals surface area (Å²) in [6.45, 7) is 1.62. The molecule has 0 saturated heterocycles. The molecular weight excluding hydrogens is 398 g/mol. The van der Waals surface area contributed by atoms with Crippen molar-refractivity contribution in [1.82, 2.24) is 10.2 Å². The number of amides is 1. The van der Waals surface area contributed by atoms with E-state index in [1.807, 2.05) is 12.1 Å². The zero-order valence-corrected chi connectivity index (χ0v) is 17.6. The summed E-state index contributed by atoms with van der Waals surface area (Å²) < 4.78 is 10.6. The van der Waals surface area contributed by atoms with Gasteiger partial charge in [0.25, 0.3) is 5.56 Å². The van der Waals surface area contributed by atoms with Crippen LogP contribution in [-0.4, -0.2) is 41.0 Å². The Morgan fingerprint density at radius 1 is 1.10 bits per heavy atom. The average molecular weight is 423 g/mol. The second-order valence-electron chi connectivity index (χ2n) is 7.92. The molecule has 0 bridgehead atoms. The van der Waals surface area contributed by atoms with E-state index < -0.39 is 23.3 Å². The van der Waals surface area contributed by atoms with Crippen molar-refractivity contribution in [2.45, 2.75) is 24.9 Å². The molecule has 1 heterocycles. The molecule has 1 amide bonds. The lowest BCUT2D eigenvalue weighted by Crippen LogP contribution is -2.51. The summed E-state index contributed by atoms with van der Waals surface area (Å²) in [6, 6.07) is 14.2. The van der Waals surface area contributed by atoms with E-state index in [-0.39, 0.29) is 12.0 Å². The molecule has 1 aliphatic rings. The fraction of sp³-hybridized carbons (Fsp3) is 0.304. The van der Waals surface area contributed by atoms with Gasteiger partial charge >= 0.3 is 0 Å². The SMILES string of the molecule is COc1ccc(C2c3c([nH][nH]c3=O)CC(C)(O)C2C(=O)Nc2ccccc2OC)cc1. The number of fused-ring (bicyclic) bond motifs is 1. The van der Waals surface area contributed by atoms with Crippen molar-refractivity contribution >= 4 is 11.6 Å². The Morgan fingerprint density at radius 3 is 2.48 bits per heavy atom. The van der Waals surface area contributed by atoms with E-state index in [4.69, 9.17) is 9.47 Å². The van der Waals surface area contributed by atoms with Gasteiger partial charge in [-0.15, -0.1) is 0 Å². The minimum absolute atomic E-state index is 0.137. The van der Waals surface area contributed by atoms with E-state index in [0.29, 0.717) is 28.4 Å². The number of hydrogen-bond acceptors (Lipinski definition) is 5. The Morgan fingerprint density at radius 2 is 1.81 bits per heavy atom. The molecule has 1 aromatic heterocycles. The van der Waals surface area contributed by atoms with Crippen LogP contribution in [0.3, 0.4) is 0 Å². The highest BCUT2D eigenvalue weighted by atomic mass is 16.5. The second-order valence-corrected chi connectivity index (χ2v) is 7.92. The number of carbonyl (C=O) groups excluding carboxylic acids is 1. The summed E-state index contributed by atoms with van der Waals surface area (Å²) in [5.41, 5.74) is 0.560. The number of hydrogen-bond donors (Lipinski definition) is 4. The number of ether oxygens (including phenoxy) is 2. The first-order valence-corrected chi connectivity index (χ1v) is 9.95. The van der Waals surface area contributed by atoms with Crippen molar-refractivity contribution in [3.63, 3.8) is 0 Å². The topological polar surface area (TPSA) is 116 Å². The van der Waals surface area contributed by atoms with Crippen molar-refractivity contribution in [2.24, 2.45) is 5.92 Å². The van der Waals surface area contributed by atoms with Gasteiger partial charge < -0.3 is 25.0 Å². The van der Waals surface area contributed by atoms with Crippen LogP contribution >= 0.6 is 0 Å². The summed E-state index contributed by atoms with van der Waals surface area (Å²) in [5, 5.41) is 19.7. The summed E-state index contributed by atoms with van der Waals surface area (Å²) in [7, 11) is 3.09. The van der Waals surface area contributed by atoms with Gasteiger partial charge in [-0.05, 0) is 36.8 Å². The highest BCUT2D eigenvalue weighted by Crippen LogP contribution is 2.45. The lowest BCUT2D eigenvalue weighted by Gasteiger charge is -2.41. The summed E-state index contributed by atoms with van der Waals surface area (Å²) in [5.74, 6) is -0.817. The quantitative estimate of drug-likeness (QED) is 0.503. The molecule has 0 spiro atoms. The third kappa shape index (κ3) is 3.70. The van der Waals surface area contributed by atoms with Crippen molar-refractivity contribution in [3.05, 3.63) is 75.7 Å². The summed E-state index contributed by atoms with van der Waals surface area (Å²) in [4.78, 5) is 26.2. The number of nitrogens with one attached hydrogen (secondary N) is 3. The standard InChI is InChI=1S/C23H25N3O5/c1-23(29)12-16-19(21(27)26-25-16)18(13-8-10-14(30-2)11-9-13)20(23)22(28)24-15-6-4-5-7-17(15)31-3/h4-11,18,20,29H,12H2,1-3H3,(H,24,28)(H2,25,26,27). The van der Waals surface area contributed by atoms with Gasteiger partial charge in [-0.3, -0.25) is 14.7 Å². The van der Waals surface area contributed by atoms with E-state index in [9.17, 15) is 14.7 Å². The van der Waals surface area contributed by atoms with Crippen LogP contribution in [0.4, 0.5) is 5.69 Å². The Balaban J connectivity index is 1.81. The van der Waals surface area contributed by atoms with Gasteiger partial charge in [0.1, 0.15) is 11.5 Å². The van der Waals surface area contributed by atoms with Crippen LogP contribution in [0.15, 0.2) is 53.3 Å². The van der Waals surface area contributed by atoms with E-state index in [1.165, 1.54) is 7.11 Å². The van der Waals surface area contributed by atoms with E-state index in [0.717, 1.165) is 5.56 Å². The highest BCUT2D eigenvalue weighted by Gasteiger charge is 2.50. The number of anilines is 1. The van der Waals surface area contributed by atoms with Crippen LogP contribution in [0.1, 0.15) is 29.7 Å². The molecule has 3 unspecified atom stereocenters. The number of aliphatic hydroxyl groups is 1. The second kappa shape index (κ2) is 7.96. The van der Waals surface area contributed by atoms with Crippen molar-refractivity contribution in [2.75, 3.05) is 19.5 Å². The first kappa shape index (κ1) is 20.7. The van der Waals surface area contributed by atoms with Gasteiger partial charge in [-0.2, -0.15) is 0 Å². The molecule has 3 atom stereocenters. The molecule has 2 aromatic carbocycles. The number of benzene rings is 2. The lowest BCUT2D eigenvalue weighted by molar-refractivity contribution is -0.130. The minimum atomic E-state index is -1.41.